The van der Waals surface area contributed by atoms with Crippen molar-refractivity contribution in [3.05, 3.63) is 34.9 Å². The van der Waals surface area contributed by atoms with Crippen molar-refractivity contribution in [1.29, 1.82) is 0 Å². The summed E-state index contributed by atoms with van der Waals surface area (Å²) in [5.41, 5.74) is 3.79. The lowest BCUT2D eigenvalue weighted by Crippen LogP contribution is -2.27. The third-order valence-electron chi connectivity index (χ3n) is 3.58. The number of aliphatic hydroxyl groups is 2. The molecule has 0 saturated carbocycles. The van der Waals surface area contributed by atoms with E-state index in [9.17, 15) is 10.2 Å². The molecule has 1 aromatic carbocycles. The van der Waals surface area contributed by atoms with Crippen LogP contribution >= 0.6 is 0 Å². The Morgan fingerprint density at radius 3 is 2.33 bits per heavy atom. The van der Waals surface area contributed by atoms with Gasteiger partial charge in [-0.1, -0.05) is 44.0 Å². The summed E-state index contributed by atoms with van der Waals surface area (Å²) in [6.45, 7) is 8.32. The first-order valence-electron chi connectivity index (χ1n) is 6.89. The maximum Gasteiger partial charge on any atom is 0.0804 e. The molecule has 18 heavy (non-hydrogen) atoms. The molecule has 0 amide bonds. The quantitative estimate of drug-likeness (QED) is 0.813. The Kier molecular flexibility index (Phi) is 5.83. The second kappa shape index (κ2) is 6.91. The summed E-state index contributed by atoms with van der Waals surface area (Å²) in [6, 6.07) is 6.41. The minimum Gasteiger partial charge on any atom is -0.390 e. The summed E-state index contributed by atoms with van der Waals surface area (Å²) in [6.07, 6.45) is 0.964. The Bertz CT molecular complexity index is 373. The third kappa shape index (κ3) is 4.11. The first kappa shape index (κ1) is 15.2. The van der Waals surface area contributed by atoms with Gasteiger partial charge in [-0.05, 0) is 43.7 Å². The van der Waals surface area contributed by atoms with E-state index in [4.69, 9.17) is 0 Å². The van der Waals surface area contributed by atoms with Crippen LogP contribution in [0.5, 0.6) is 0 Å². The van der Waals surface area contributed by atoms with Crippen molar-refractivity contribution in [2.45, 2.75) is 65.1 Å². The molecule has 3 unspecified atom stereocenters. The van der Waals surface area contributed by atoms with E-state index in [1.807, 2.05) is 6.92 Å². The molecule has 2 nitrogen and oxygen atoms in total. The van der Waals surface area contributed by atoms with Crippen LogP contribution < -0.4 is 0 Å². The highest BCUT2D eigenvalue weighted by atomic mass is 16.3. The van der Waals surface area contributed by atoms with E-state index in [0.29, 0.717) is 12.8 Å². The highest BCUT2D eigenvalue weighted by molar-refractivity contribution is 5.32. The van der Waals surface area contributed by atoms with E-state index in [0.717, 1.165) is 6.42 Å². The fourth-order valence-electron chi connectivity index (χ4n) is 2.51. The van der Waals surface area contributed by atoms with Crippen molar-refractivity contribution in [3.8, 4) is 0 Å². The molecule has 0 fully saturated rings. The van der Waals surface area contributed by atoms with E-state index < -0.39 is 12.2 Å². The van der Waals surface area contributed by atoms with Crippen LogP contribution in [-0.4, -0.2) is 22.4 Å². The maximum atomic E-state index is 9.98. The molecule has 102 valence electrons. The molecule has 0 spiro atoms. The van der Waals surface area contributed by atoms with Gasteiger partial charge >= 0.3 is 0 Å². The van der Waals surface area contributed by atoms with Gasteiger partial charge in [0.05, 0.1) is 12.2 Å². The molecule has 2 heteroatoms. The normalized spacial score (nSPS) is 16.3. The molecular formula is C16H26O2. The lowest BCUT2D eigenvalue weighted by Gasteiger charge is -2.22. The fourth-order valence-corrected chi connectivity index (χ4v) is 2.51. The van der Waals surface area contributed by atoms with Crippen LogP contribution in [0.3, 0.4) is 0 Å². The average molecular weight is 250 g/mol. The molecule has 1 aromatic rings. The lowest BCUT2D eigenvalue weighted by molar-refractivity contribution is 0.00635. The molecular weight excluding hydrogens is 224 g/mol. The van der Waals surface area contributed by atoms with Crippen molar-refractivity contribution >= 4 is 0 Å². The molecule has 0 aliphatic rings. The third-order valence-corrected chi connectivity index (χ3v) is 3.58. The van der Waals surface area contributed by atoms with Crippen molar-refractivity contribution in [2.24, 2.45) is 0 Å². The number of aliphatic hydroxyl groups excluding tert-OH is 2. The van der Waals surface area contributed by atoms with Gasteiger partial charge in [-0.15, -0.1) is 0 Å². The minimum absolute atomic E-state index is 0.270. The van der Waals surface area contributed by atoms with Gasteiger partial charge in [-0.25, -0.2) is 0 Å². The predicted octanol–water partition coefficient (Wildman–Crippen LogP) is 3.32. The van der Waals surface area contributed by atoms with Crippen molar-refractivity contribution < 1.29 is 10.2 Å². The van der Waals surface area contributed by atoms with Crippen LogP contribution in [0.25, 0.3) is 0 Å². The Morgan fingerprint density at radius 1 is 1.11 bits per heavy atom. The summed E-state index contributed by atoms with van der Waals surface area (Å²) < 4.78 is 0. The van der Waals surface area contributed by atoms with Crippen molar-refractivity contribution in [1.82, 2.24) is 0 Å². The maximum absolute atomic E-state index is 9.98. The van der Waals surface area contributed by atoms with Gasteiger partial charge in [0.2, 0.25) is 0 Å². The Balaban J connectivity index is 2.67. The van der Waals surface area contributed by atoms with Gasteiger partial charge < -0.3 is 10.2 Å². The second-order valence-electron chi connectivity index (χ2n) is 5.42. The SMILES string of the molecule is CCCC(O)C(O)CC(C)c1ccc(C)cc1C. The number of rotatable bonds is 6. The molecule has 0 aliphatic carbocycles. The highest BCUT2D eigenvalue weighted by Crippen LogP contribution is 2.26. The van der Waals surface area contributed by atoms with E-state index in [1.54, 1.807) is 0 Å². The zero-order chi connectivity index (χ0) is 13.7. The topological polar surface area (TPSA) is 40.5 Å². The smallest absolute Gasteiger partial charge is 0.0804 e. The highest BCUT2D eigenvalue weighted by Gasteiger charge is 2.19. The van der Waals surface area contributed by atoms with E-state index >= 15 is 0 Å². The van der Waals surface area contributed by atoms with Gasteiger partial charge in [0.15, 0.2) is 0 Å². The second-order valence-corrected chi connectivity index (χ2v) is 5.42. The van der Waals surface area contributed by atoms with E-state index in [-0.39, 0.29) is 5.92 Å². The molecule has 0 bridgehead atoms. The molecule has 3 atom stereocenters. The minimum atomic E-state index is -0.624. The Hall–Kier alpha value is -0.860. The molecule has 0 aliphatic heterocycles. The predicted molar refractivity (Wildman–Crippen MR) is 75.9 cm³/mol. The van der Waals surface area contributed by atoms with E-state index in [2.05, 4.69) is 39.0 Å². The van der Waals surface area contributed by atoms with Crippen LogP contribution in [0.4, 0.5) is 0 Å². The summed E-state index contributed by atoms with van der Waals surface area (Å²) in [5.74, 6) is 0.270. The number of hydrogen-bond donors (Lipinski definition) is 2. The van der Waals surface area contributed by atoms with E-state index in [1.165, 1.54) is 16.7 Å². The Morgan fingerprint density at radius 2 is 1.78 bits per heavy atom. The van der Waals surface area contributed by atoms with Crippen LogP contribution in [0.1, 0.15) is 55.7 Å². The number of aryl methyl sites for hydroxylation is 2. The number of benzene rings is 1. The van der Waals surface area contributed by atoms with Gasteiger partial charge in [0, 0.05) is 0 Å². The molecule has 2 N–H and O–H groups in total. The van der Waals surface area contributed by atoms with Crippen LogP contribution in [0.2, 0.25) is 0 Å². The summed E-state index contributed by atoms with van der Waals surface area (Å²) in [4.78, 5) is 0. The van der Waals surface area contributed by atoms with Crippen LogP contribution in [-0.2, 0) is 0 Å². The molecule has 0 aromatic heterocycles. The molecule has 0 radical (unpaired) electrons. The molecule has 0 saturated heterocycles. The van der Waals surface area contributed by atoms with Gasteiger partial charge in [-0.2, -0.15) is 0 Å². The monoisotopic (exact) mass is 250 g/mol. The Labute approximate surface area is 111 Å². The summed E-state index contributed by atoms with van der Waals surface area (Å²) in [7, 11) is 0. The van der Waals surface area contributed by atoms with Gasteiger partial charge in [0.1, 0.15) is 0 Å². The first-order chi connectivity index (χ1) is 8.45. The zero-order valence-electron chi connectivity index (χ0n) is 12.0. The van der Waals surface area contributed by atoms with Crippen LogP contribution in [0, 0.1) is 13.8 Å². The van der Waals surface area contributed by atoms with Crippen LogP contribution in [0.15, 0.2) is 18.2 Å². The summed E-state index contributed by atoms with van der Waals surface area (Å²) in [5, 5.41) is 19.8. The molecule has 0 heterocycles. The number of hydrogen-bond acceptors (Lipinski definition) is 2. The van der Waals surface area contributed by atoms with Crippen molar-refractivity contribution in [2.75, 3.05) is 0 Å². The zero-order valence-corrected chi connectivity index (χ0v) is 12.0. The fraction of sp³-hybridized carbons (Fsp3) is 0.625. The van der Waals surface area contributed by atoms with Crippen molar-refractivity contribution in [3.63, 3.8) is 0 Å². The van der Waals surface area contributed by atoms with Gasteiger partial charge in [-0.3, -0.25) is 0 Å². The first-order valence-corrected chi connectivity index (χ1v) is 6.89. The molecule has 1 rings (SSSR count). The largest absolute Gasteiger partial charge is 0.390 e. The summed E-state index contributed by atoms with van der Waals surface area (Å²) >= 11 is 0. The lowest BCUT2D eigenvalue weighted by atomic mass is 9.89. The van der Waals surface area contributed by atoms with Gasteiger partial charge in [0.25, 0.3) is 0 Å². The standard InChI is InChI=1S/C16H26O2/c1-5-6-15(17)16(18)10-13(4)14-8-7-11(2)9-12(14)3/h7-9,13,15-18H,5-6,10H2,1-4H3. The average Bonchev–Trinajstić information content (AvgIpc) is 2.28.